The third-order valence-electron chi connectivity index (χ3n) is 3.05. The lowest BCUT2D eigenvalue weighted by Crippen LogP contribution is -2.28. The molecule has 3 nitrogen and oxygen atoms in total. The quantitative estimate of drug-likeness (QED) is 0.729. The molecule has 0 unspecified atom stereocenters. The van der Waals surface area contributed by atoms with Crippen LogP contribution in [0.25, 0.3) is 0 Å². The summed E-state index contributed by atoms with van der Waals surface area (Å²) in [6, 6.07) is 1.63. The van der Waals surface area contributed by atoms with E-state index in [0.717, 1.165) is 0 Å². The van der Waals surface area contributed by atoms with E-state index >= 15 is 0 Å². The lowest BCUT2D eigenvalue weighted by atomic mass is 9.83. The molecule has 16 heavy (non-hydrogen) atoms. The number of hydrogen-bond acceptors (Lipinski definition) is 2. The van der Waals surface area contributed by atoms with Gasteiger partial charge in [-0.15, -0.1) is 0 Å². The lowest BCUT2D eigenvalue weighted by molar-refractivity contribution is -0.0424. The Bertz CT molecular complexity index is 390. The van der Waals surface area contributed by atoms with Gasteiger partial charge in [-0.25, -0.2) is 8.78 Å². The Morgan fingerprint density at radius 3 is 2.62 bits per heavy atom. The Hall–Kier alpha value is -1.26. The molecule has 88 valence electrons. The van der Waals surface area contributed by atoms with Crippen molar-refractivity contribution in [2.45, 2.75) is 31.6 Å². The summed E-state index contributed by atoms with van der Waals surface area (Å²) in [5.41, 5.74) is 0.387. The van der Waals surface area contributed by atoms with Crippen molar-refractivity contribution >= 4 is 5.78 Å². The Morgan fingerprint density at radius 1 is 1.50 bits per heavy atom. The average molecular weight is 228 g/mol. The average Bonchev–Trinajstić information content (AvgIpc) is 2.64. The van der Waals surface area contributed by atoms with Gasteiger partial charge in [-0.1, -0.05) is 0 Å². The van der Waals surface area contributed by atoms with Crippen molar-refractivity contribution in [2.75, 3.05) is 0 Å². The summed E-state index contributed by atoms with van der Waals surface area (Å²) in [6.45, 7) is 0. The number of nitrogens with zero attached hydrogens (tertiary/aromatic N) is 2. The summed E-state index contributed by atoms with van der Waals surface area (Å²) in [7, 11) is 1.73. The van der Waals surface area contributed by atoms with Gasteiger partial charge < -0.3 is 0 Å². The summed E-state index contributed by atoms with van der Waals surface area (Å²) >= 11 is 0. The zero-order valence-electron chi connectivity index (χ0n) is 9.12. The number of carbonyl (C=O) groups excluding carboxylic acids is 1. The number of halogens is 2. The SMILES string of the molecule is Cn1ccc(C(=O)C2CCC(F)(F)CC2)n1. The second kappa shape index (κ2) is 3.96. The van der Waals surface area contributed by atoms with E-state index in [1.165, 1.54) is 0 Å². The minimum Gasteiger partial charge on any atom is -0.292 e. The van der Waals surface area contributed by atoms with Gasteiger partial charge in [-0.2, -0.15) is 5.10 Å². The molecule has 1 heterocycles. The molecular weight excluding hydrogens is 214 g/mol. The van der Waals surface area contributed by atoms with Crippen LogP contribution in [0, 0.1) is 5.92 Å². The largest absolute Gasteiger partial charge is 0.292 e. The fourth-order valence-electron chi connectivity index (χ4n) is 2.06. The lowest BCUT2D eigenvalue weighted by Gasteiger charge is -2.26. The smallest absolute Gasteiger partial charge is 0.248 e. The summed E-state index contributed by atoms with van der Waals surface area (Å²) in [5.74, 6) is -2.97. The first-order valence-electron chi connectivity index (χ1n) is 5.40. The molecule has 1 fully saturated rings. The predicted octanol–water partition coefficient (Wildman–Crippen LogP) is 2.43. The maximum atomic E-state index is 12.9. The topological polar surface area (TPSA) is 34.9 Å². The van der Waals surface area contributed by atoms with Gasteiger partial charge in [-0.05, 0) is 18.9 Å². The van der Waals surface area contributed by atoms with Gasteiger partial charge in [0, 0.05) is 32.0 Å². The zero-order chi connectivity index (χ0) is 11.8. The minimum atomic E-state index is -2.58. The molecule has 0 radical (unpaired) electrons. The molecular formula is C11H14F2N2O. The number of carbonyl (C=O) groups is 1. The molecule has 0 bridgehead atoms. The van der Waals surface area contributed by atoms with Crippen LogP contribution in [0.4, 0.5) is 8.78 Å². The molecule has 0 atom stereocenters. The van der Waals surface area contributed by atoms with Crippen LogP contribution in [-0.4, -0.2) is 21.5 Å². The molecule has 0 N–H and O–H groups in total. The first-order valence-corrected chi connectivity index (χ1v) is 5.40. The highest BCUT2D eigenvalue weighted by Gasteiger charge is 2.37. The second-order valence-electron chi connectivity index (χ2n) is 4.37. The molecule has 1 aliphatic rings. The van der Waals surface area contributed by atoms with E-state index in [1.54, 1.807) is 24.0 Å². The van der Waals surface area contributed by atoms with Crippen molar-refractivity contribution in [3.05, 3.63) is 18.0 Å². The molecule has 1 aliphatic carbocycles. The monoisotopic (exact) mass is 228 g/mol. The molecule has 0 saturated heterocycles. The molecule has 0 aliphatic heterocycles. The number of aromatic nitrogens is 2. The summed E-state index contributed by atoms with van der Waals surface area (Å²) in [5, 5.41) is 4.00. The third-order valence-corrected chi connectivity index (χ3v) is 3.05. The van der Waals surface area contributed by atoms with Gasteiger partial charge in [0.2, 0.25) is 5.92 Å². The first kappa shape index (κ1) is 11.2. The Balaban J connectivity index is 2.02. The van der Waals surface area contributed by atoms with E-state index in [-0.39, 0.29) is 37.4 Å². The first-order chi connectivity index (χ1) is 7.48. The van der Waals surface area contributed by atoms with Crippen LogP contribution < -0.4 is 0 Å². The van der Waals surface area contributed by atoms with E-state index in [4.69, 9.17) is 0 Å². The maximum Gasteiger partial charge on any atom is 0.248 e. The van der Waals surface area contributed by atoms with Gasteiger partial charge in [0.1, 0.15) is 5.69 Å². The molecule has 1 saturated carbocycles. The highest BCUT2D eigenvalue weighted by atomic mass is 19.3. The van der Waals surface area contributed by atoms with E-state index in [2.05, 4.69) is 5.10 Å². The highest BCUT2D eigenvalue weighted by molar-refractivity contribution is 5.96. The van der Waals surface area contributed by atoms with Crippen molar-refractivity contribution in [2.24, 2.45) is 13.0 Å². The van der Waals surface area contributed by atoms with Crippen LogP contribution in [-0.2, 0) is 7.05 Å². The number of ketones is 1. The normalized spacial score (nSPS) is 20.9. The van der Waals surface area contributed by atoms with E-state index in [9.17, 15) is 13.6 Å². The van der Waals surface area contributed by atoms with Gasteiger partial charge in [0.05, 0.1) is 0 Å². The number of Topliss-reactive ketones (excluding diaryl/α,β-unsaturated/α-hetero) is 1. The van der Waals surface area contributed by atoms with Gasteiger partial charge >= 0.3 is 0 Å². The van der Waals surface area contributed by atoms with Crippen LogP contribution in [0.2, 0.25) is 0 Å². The molecule has 0 amide bonds. The fraction of sp³-hybridized carbons (Fsp3) is 0.636. The molecule has 0 spiro atoms. The maximum absolute atomic E-state index is 12.9. The van der Waals surface area contributed by atoms with Crippen molar-refractivity contribution in [1.82, 2.24) is 9.78 Å². The Kier molecular flexibility index (Phi) is 2.78. The van der Waals surface area contributed by atoms with Crippen molar-refractivity contribution in [3.63, 3.8) is 0 Å². The summed E-state index contributed by atoms with van der Waals surface area (Å²) in [6.07, 6.45) is 1.85. The summed E-state index contributed by atoms with van der Waals surface area (Å²) < 4.78 is 27.4. The summed E-state index contributed by atoms with van der Waals surface area (Å²) in [4.78, 5) is 11.9. The molecule has 2 rings (SSSR count). The van der Waals surface area contributed by atoms with E-state index in [1.807, 2.05) is 0 Å². The predicted molar refractivity (Wildman–Crippen MR) is 54.4 cm³/mol. The number of alkyl halides is 2. The van der Waals surface area contributed by atoms with Crippen LogP contribution in [0.3, 0.4) is 0 Å². The fourth-order valence-corrected chi connectivity index (χ4v) is 2.06. The van der Waals surface area contributed by atoms with Crippen LogP contribution in [0.1, 0.15) is 36.2 Å². The molecule has 1 aromatic heterocycles. The van der Waals surface area contributed by atoms with Crippen LogP contribution >= 0.6 is 0 Å². The number of rotatable bonds is 2. The molecule has 0 aromatic carbocycles. The zero-order valence-corrected chi connectivity index (χ0v) is 9.12. The molecule has 1 aromatic rings. The molecule has 5 heteroatoms. The Labute approximate surface area is 92.4 Å². The standard InChI is InChI=1S/C11H14F2N2O/c1-15-7-4-9(14-15)10(16)8-2-5-11(12,13)6-3-8/h4,7-8H,2-3,5-6H2,1H3. The van der Waals surface area contributed by atoms with Gasteiger partial charge in [-0.3, -0.25) is 9.48 Å². The Morgan fingerprint density at radius 2 is 2.12 bits per heavy atom. The van der Waals surface area contributed by atoms with Gasteiger partial charge in [0.25, 0.3) is 0 Å². The van der Waals surface area contributed by atoms with Crippen LogP contribution in [0.15, 0.2) is 12.3 Å². The van der Waals surface area contributed by atoms with Crippen LogP contribution in [0.5, 0.6) is 0 Å². The third kappa shape index (κ3) is 2.28. The number of aryl methyl sites for hydroxylation is 1. The highest BCUT2D eigenvalue weighted by Crippen LogP contribution is 2.37. The van der Waals surface area contributed by atoms with Crippen molar-refractivity contribution in [3.8, 4) is 0 Å². The van der Waals surface area contributed by atoms with E-state index < -0.39 is 5.92 Å². The second-order valence-corrected chi connectivity index (χ2v) is 4.37. The minimum absolute atomic E-state index is 0.101. The van der Waals surface area contributed by atoms with E-state index in [0.29, 0.717) is 5.69 Å². The number of hydrogen-bond donors (Lipinski definition) is 0. The van der Waals surface area contributed by atoms with Gasteiger partial charge in [0.15, 0.2) is 5.78 Å². The van der Waals surface area contributed by atoms with Crippen molar-refractivity contribution in [1.29, 1.82) is 0 Å². The van der Waals surface area contributed by atoms with Crippen molar-refractivity contribution < 1.29 is 13.6 Å².